The molecule has 0 bridgehead atoms. The van der Waals surface area contributed by atoms with Crippen molar-refractivity contribution in [2.75, 3.05) is 37.0 Å². The molecule has 7 heteroatoms. The summed E-state index contributed by atoms with van der Waals surface area (Å²) in [6, 6.07) is 1.74. The monoisotopic (exact) mass is 339 g/mol. The number of unbranched alkanes of at least 4 members (excludes halogenated alkanes) is 1. The Hall–Kier alpha value is -1.63. The zero-order valence-electron chi connectivity index (χ0n) is 14.0. The number of anilines is 1. The molecule has 0 radical (unpaired) electrons. The average molecular weight is 339 g/mol. The number of carbonyl (C=O) groups excluding carboxylic acids is 1. The van der Waals surface area contributed by atoms with E-state index in [2.05, 4.69) is 11.9 Å². The van der Waals surface area contributed by atoms with Crippen LogP contribution in [0.5, 0.6) is 0 Å². The van der Waals surface area contributed by atoms with Crippen molar-refractivity contribution in [1.29, 1.82) is 0 Å². The van der Waals surface area contributed by atoms with Crippen LogP contribution < -0.4 is 4.90 Å². The molecule has 0 N–H and O–H groups in total. The maximum atomic E-state index is 12.4. The molecule has 1 aromatic rings. The quantitative estimate of drug-likeness (QED) is 0.787. The molecule has 1 saturated heterocycles. The van der Waals surface area contributed by atoms with Crippen LogP contribution in [0.15, 0.2) is 18.5 Å². The molecule has 0 saturated carbocycles. The van der Waals surface area contributed by atoms with Gasteiger partial charge < -0.3 is 9.80 Å². The summed E-state index contributed by atoms with van der Waals surface area (Å²) < 4.78 is 23.3. The van der Waals surface area contributed by atoms with Gasteiger partial charge >= 0.3 is 0 Å². The van der Waals surface area contributed by atoms with Crippen molar-refractivity contribution in [2.24, 2.45) is 0 Å². The SMILES string of the molecule is CCCCN(C)C(=O)c1cncc(N(C)C2CCS(=O)(=O)C2)c1. The molecule has 1 amide bonds. The molecule has 6 nitrogen and oxygen atoms in total. The number of nitrogens with zero attached hydrogens (tertiary/aromatic N) is 3. The van der Waals surface area contributed by atoms with Gasteiger partial charge in [0.05, 0.1) is 29.0 Å². The van der Waals surface area contributed by atoms with Crippen LogP contribution in [0.1, 0.15) is 36.5 Å². The molecule has 1 atom stereocenters. The van der Waals surface area contributed by atoms with E-state index < -0.39 is 9.84 Å². The summed E-state index contributed by atoms with van der Waals surface area (Å²) >= 11 is 0. The topological polar surface area (TPSA) is 70.6 Å². The van der Waals surface area contributed by atoms with E-state index in [1.54, 1.807) is 30.4 Å². The van der Waals surface area contributed by atoms with Crippen molar-refractivity contribution in [3.8, 4) is 0 Å². The first-order valence-electron chi connectivity index (χ1n) is 7.98. The van der Waals surface area contributed by atoms with Crippen molar-refractivity contribution in [2.45, 2.75) is 32.2 Å². The van der Waals surface area contributed by atoms with E-state index in [9.17, 15) is 13.2 Å². The maximum Gasteiger partial charge on any atom is 0.255 e. The Morgan fingerprint density at radius 1 is 1.35 bits per heavy atom. The lowest BCUT2D eigenvalue weighted by Gasteiger charge is -2.26. The summed E-state index contributed by atoms with van der Waals surface area (Å²) in [5.41, 5.74) is 1.32. The summed E-state index contributed by atoms with van der Waals surface area (Å²) in [7, 11) is 0.712. The number of hydrogen-bond acceptors (Lipinski definition) is 5. The van der Waals surface area contributed by atoms with Gasteiger partial charge in [-0.05, 0) is 18.9 Å². The highest BCUT2D eigenvalue weighted by molar-refractivity contribution is 7.91. The fraction of sp³-hybridized carbons (Fsp3) is 0.625. The van der Waals surface area contributed by atoms with Crippen LogP contribution in [0.2, 0.25) is 0 Å². The molecular weight excluding hydrogens is 314 g/mol. The lowest BCUT2D eigenvalue weighted by Crippen LogP contribution is -2.33. The number of hydrogen-bond donors (Lipinski definition) is 0. The van der Waals surface area contributed by atoms with Gasteiger partial charge in [-0.1, -0.05) is 13.3 Å². The van der Waals surface area contributed by atoms with Crippen LogP contribution >= 0.6 is 0 Å². The Kier molecular flexibility index (Phi) is 5.62. The number of aromatic nitrogens is 1. The van der Waals surface area contributed by atoms with E-state index in [1.807, 2.05) is 11.9 Å². The maximum absolute atomic E-state index is 12.4. The Morgan fingerprint density at radius 2 is 2.09 bits per heavy atom. The van der Waals surface area contributed by atoms with Gasteiger partial charge in [0.15, 0.2) is 9.84 Å². The number of carbonyl (C=O) groups is 1. The lowest BCUT2D eigenvalue weighted by molar-refractivity contribution is 0.0793. The predicted molar refractivity (Wildman–Crippen MR) is 91.6 cm³/mol. The second-order valence-electron chi connectivity index (χ2n) is 6.18. The molecule has 1 fully saturated rings. The van der Waals surface area contributed by atoms with E-state index in [0.717, 1.165) is 25.1 Å². The third-order valence-electron chi connectivity index (χ3n) is 4.33. The smallest absolute Gasteiger partial charge is 0.255 e. The molecule has 2 heterocycles. The van der Waals surface area contributed by atoms with E-state index in [0.29, 0.717) is 12.0 Å². The van der Waals surface area contributed by atoms with Gasteiger partial charge in [-0.3, -0.25) is 9.78 Å². The minimum absolute atomic E-state index is 0.0510. The van der Waals surface area contributed by atoms with Crippen molar-refractivity contribution in [3.05, 3.63) is 24.0 Å². The minimum Gasteiger partial charge on any atom is -0.369 e. The number of amides is 1. The third kappa shape index (κ3) is 4.43. The van der Waals surface area contributed by atoms with E-state index in [4.69, 9.17) is 0 Å². The second kappa shape index (κ2) is 7.29. The summed E-state index contributed by atoms with van der Waals surface area (Å²) in [6.07, 6.45) is 5.86. The largest absolute Gasteiger partial charge is 0.369 e. The number of pyridine rings is 1. The zero-order valence-corrected chi connectivity index (χ0v) is 14.8. The normalized spacial score (nSPS) is 19.5. The van der Waals surface area contributed by atoms with E-state index >= 15 is 0 Å². The standard InChI is InChI=1S/C16H25N3O3S/c1-4-5-7-18(2)16(20)13-9-15(11-17-10-13)19(3)14-6-8-23(21,22)12-14/h9-11,14H,4-8,12H2,1-3H3. The minimum atomic E-state index is -2.94. The van der Waals surface area contributed by atoms with Gasteiger partial charge in [-0.25, -0.2) is 8.42 Å². The van der Waals surface area contributed by atoms with Crippen LogP contribution in [0.25, 0.3) is 0 Å². The Bertz CT molecular complexity index is 660. The molecule has 1 unspecified atom stereocenters. The van der Waals surface area contributed by atoms with Crippen LogP contribution in [0.4, 0.5) is 5.69 Å². The Morgan fingerprint density at radius 3 is 2.70 bits per heavy atom. The predicted octanol–water partition coefficient (Wildman–Crippen LogP) is 1.58. The molecular formula is C16H25N3O3S. The van der Waals surface area contributed by atoms with Crippen molar-refractivity contribution in [3.63, 3.8) is 0 Å². The van der Waals surface area contributed by atoms with Crippen LogP contribution in [-0.2, 0) is 9.84 Å². The van der Waals surface area contributed by atoms with Gasteiger partial charge in [0.1, 0.15) is 0 Å². The first-order valence-corrected chi connectivity index (χ1v) is 9.80. The molecule has 2 rings (SSSR count). The van der Waals surface area contributed by atoms with Crippen LogP contribution in [0.3, 0.4) is 0 Å². The highest BCUT2D eigenvalue weighted by Crippen LogP contribution is 2.23. The van der Waals surface area contributed by atoms with Gasteiger partial charge in [-0.2, -0.15) is 0 Å². The Labute approximate surface area is 138 Å². The summed E-state index contributed by atoms with van der Waals surface area (Å²) in [5, 5.41) is 0. The number of sulfone groups is 1. The van der Waals surface area contributed by atoms with Gasteiger partial charge in [-0.15, -0.1) is 0 Å². The summed E-state index contributed by atoms with van der Waals surface area (Å²) in [4.78, 5) is 20.2. The van der Waals surface area contributed by atoms with Gasteiger partial charge in [0.2, 0.25) is 0 Å². The highest BCUT2D eigenvalue weighted by atomic mass is 32.2. The first kappa shape index (κ1) is 17.7. The van der Waals surface area contributed by atoms with Crippen molar-refractivity contribution in [1.82, 2.24) is 9.88 Å². The second-order valence-corrected chi connectivity index (χ2v) is 8.41. The summed E-state index contributed by atoms with van der Waals surface area (Å²) in [6.45, 7) is 2.81. The molecule has 0 spiro atoms. The zero-order chi connectivity index (χ0) is 17.0. The van der Waals surface area contributed by atoms with Crippen LogP contribution in [0, 0.1) is 0 Å². The van der Waals surface area contributed by atoms with E-state index in [1.165, 1.54) is 0 Å². The third-order valence-corrected chi connectivity index (χ3v) is 6.08. The fourth-order valence-corrected chi connectivity index (χ4v) is 4.52. The van der Waals surface area contributed by atoms with E-state index in [-0.39, 0.29) is 23.5 Å². The van der Waals surface area contributed by atoms with Gasteiger partial charge in [0.25, 0.3) is 5.91 Å². The van der Waals surface area contributed by atoms with Crippen LogP contribution in [-0.4, -0.2) is 62.4 Å². The number of rotatable bonds is 6. The van der Waals surface area contributed by atoms with Crippen molar-refractivity contribution >= 4 is 21.4 Å². The van der Waals surface area contributed by atoms with Crippen molar-refractivity contribution < 1.29 is 13.2 Å². The molecule has 128 valence electrons. The molecule has 1 aromatic heterocycles. The average Bonchev–Trinajstić information content (AvgIpc) is 2.91. The highest BCUT2D eigenvalue weighted by Gasteiger charge is 2.31. The molecule has 0 aliphatic carbocycles. The summed E-state index contributed by atoms with van der Waals surface area (Å²) in [5.74, 6) is 0.339. The van der Waals surface area contributed by atoms with Gasteiger partial charge in [0, 0.05) is 32.9 Å². The molecule has 23 heavy (non-hydrogen) atoms. The fourth-order valence-electron chi connectivity index (χ4n) is 2.75. The molecule has 1 aliphatic rings. The first-order chi connectivity index (χ1) is 10.8. The molecule has 1 aliphatic heterocycles. The Balaban J connectivity index is 2.11. The molecule has 0 aromatic carbocycles. The lowest BCUT2D eigenvalue weighted by atomic mass is 10.2.